The van der Waals surface area contributed by atoms with Gasteiger partial charge >= 0.3 is 12.1 Å². The third kappa shape index (κ3) is 6.03. The lowest BCUT2D eigenvalue weighted by molar-refractivity contribution is -0.191. The van der Waals surface area contributed by atoms with Crippen molar-refractivity contribution in [3.05, 3.63) is 48.5 Å². The summed E-state index contributed by atoms with van der Waals surface area (Å²) in [6.45, 7) is -0.609. The average Bonchev–Trinajstić information content (AvgIpc) is 3.47. The molecule has 0 saturated carbocycles. The van der Waals surface area contributed by atoms with Crippen LogP contribution in [0.25, 0.3) is 11.2 Å². The number of alkyl halides is 3. The van der Waals surface area contributed by atoms with E-state index in [-0.39, 0.29) is 11.3 Å². The van der Waals surface area contributed by atoms with E-state index in [2.05, 4.69) is 25.0 Å². The first kappa shape index (κ1) is 26.4. The predicted molar refractivity (Wildman–Crippen MR) is 121 cm³/mol. The standard InChI is InChI=1S/C23H24F3N5O6/c1-3-14-17(34-2)18(35-9-15(32)36-10-23(24,25)26)22(37-14)31-12-29-16-19(27-11-28-20(16)31)30-21(33)13-7-5-4-6-8-13/h4-8,11-12,14,17-18,22H,3,9-10H2,1-2H3,(H,27,28,30,33)/t14-,17?,18+,22-/m1/s1. The number of methoxy groups -OCH3 is 1. The number of carbonyl (C=O) groups is 2. The molecule has 1 aliphatic rings. The summed E-state index contributed by atoms with van der Waals surface area (Å²) in [5.74, 6) is -1.41. The number of fused-ring (bicyclic) bond motifs is 1. The number of amides is 1. The zero-order valence-electron chi connectivity index (χ0n) is 19.8. The number of ether oxygens (including phenoxy) is 4. The highest BCUT2D eigenvalue weighted by Gasteiger charge is 2.47. The number of hydrogen-bond acceptors (Lipinski definition) is 9. The fourth-order valence-corrected chi connectivity index (χ4v) is 3.99. The van der Waals surface area contributed by atoms with Gasteiger partial charge in [0.2, 0.25) is 0 Å². The van der Waals surface area contributed by atoms with E-state index < -0.39 is 55.8 Å². The van der Waals surface area contributed by atoms with Crippen LogP contribution in [-0.2, 0) is 23.7 Å². The molecule has 2 aromatic heterocycles. The number of rotatable bonds is 9. The van der Waals surface area contributed by atoms with Gasteiger partial charge in [-0.3, -0.25) is 9.36 Å². The molecule has 4 atom stereocenters. The molecule has 0 spiro atoms. The minimum atomic E-state index is -4.65. The van der Waals surface area contributed by atoms with Gasteiger partial charge < -0.3 is 24.3 Å². The van der Waals surface area contributed by atoms with Crippen molar-refractivity contribution in [2.75, 3.05) is 25.6 Å². The monoisotopic (exact) mass is 523 g/mol. The van der Waals surface area contributed by atoms with Crippen LogP contribution in [0.15, 0.2) is 43.0 Å². The van der Waals surface area contributed by atoms with Crippen LogP contribution in [0.3, 0.4) is 0 Å². The summed E-state index contributed by atoms with van der Waals surface area (Å²) in [6.07, 6.45) is -4.40. The summed E-state index contributed by atoms with van der Waals surface area (Å²) in [5, 5.41) is 2.71. The van der Waals surface area contributed by atoms with Gasteiger partial charge in [-0.2, -0.15) is 13.2 Å². The first-order chi connectivity index (χ1) is 17.7. The molecule has 1 fully saturated rings. The van der Waals surface area contributed by atoms with Crippen LogP contribution in [0.4, 0.5) is 19.0 Å². The molecule has 0 radical (unpaired) electrons. The molecule has 0 bridgehead atoms. The van der Waals surface area contributed by atoms with Crippen molar-refractivity contribution in [3.63, 3.8) is 0 Å². The Labute approximate surface area is 208 Å². The Kier molecular flexibility index (Phi) is 8.00. The summed E-state index contributed by atoms with van der Waals surface area (Å²) in [5.41, 5.74) is 0.989. The normalized spacial score (nSPS) is 21.8. The smallest absolute Gasteiger partial charge is 0.422 e. The average molecular weight is 523 g/mol. The molecule has 198 valence electrons. The second-order valence-electron chi connectivity index (χ2n) is 8.09. The minimum Gasteiger partial charge on any atom is -0.454 e. The van der Waals surface area contributed by atoms with E-state index in [9.17, 15) is 22.8 Å². The maximum Gasteiger partial charge on any atom is 0.422 e. The zero-order chi connectivity index (χ0) is 26.6. The molecule has 4 rings (SSSR count). The Morgan fingerprint density at radius 2 is 1.89 bits per heavy atom. The summed E-state index contributed by atoms with van der Waals surface area (Å²) in [6, 6.07) is 8.54. The van der Waals surface area contributed by atoms with Crippen LogP contribution in [0.1, 0.15) is 29.9 Å². The summed E-state index contributed by atoms with van der Waals surface area (Å²) in [4.78, 5) is 37.2. The molecule has 1 N–H and O–H groups in total. The van der Waals surface area contributed by atoms with Gasteiger partial charge in [-0.15, -0.1) is 0 Å². The van der Waals surface area contributed by atoms with Gasteiger partial charge in [0.05, 0.1) is 12.4 Å². The number of nitrogens with one attached hydrogen (secondary N) is 1. The van der Waals surface area contributed by atoms with E-state index in [4.69, 9.17) is 14.2 Å². The molecule has 1 amide bonds. The van der Waals surface area contributed by atoms with Crippen LogP contribution in [-0.4, -0.2) is 76.2 Å². The van der Waals surface area contributed by atoms with Crippen molar-refractivity contribution in [3.8, 4) is 0 Å². The molecular formula is C23H24F3N5O6. The number of benzene rings is 1. The second-order valence-corrected chi connectivity index (χ2v) is 8.09. The van der Waals surface area contributed by atoms with Gasteiger partial charge in [0.25, 0.3) is 5.91 Å². The van der Waals surface area contributed by atoms with Crippen LogP contribution >= 0.6 is 0 Å². The number of hydrogen-bond donors (Lipinski definition) is 1. The number of anilines is 1. The lowest BCUT2D eigenvalue weighted by atomic mass is 10.1. The van der Waals surface area contributed by atoms with Crippen LogP contribution in [0.5, 0.6) is 0 Å². The van der Waals surface area contributed by atoms with E-state index in [1.54, 1.807) is 30.3 Å². The number of imidazole rings is 1. The Bertz CT molecular complexity index is 1240. The number of halogens is 3. The van der Waals surface area contributed by atoms with Gasteiger partial charge in [-0.1, -0.05) is 25.1 Å². The summed E-state index contributed by atoms with van der Waals surface area (Å²) in [7, 11) is 1.43. The molecular weight excluding hydrogens is 499 g/mol. The van der Waals surface area contributed by atoms with E-state index in [0.29, 0.717) is 17.6 Å². The van der Waals surface area contributed by atoms with Crippen molar-refractivity contribution in [1.29, 1.82) is 0 Å². The molecule has 1 aliphatic heterocycles. The third-order valence-corrected chi connectivity index (χ3v) is 5.65. The lowest BCUT2D eigenvalue weighted by Gasteiger charge is -2.23. The fourth-order valence-electron chi connectivity index (χ4n) is 3.99. The molecule has 1 aromatic carbocycles. The van der Waals surface area contributed by atoms with Crippen LogP contribution in [0.2, 0.25) is 0 Å². The quantitative estimate of drug-likeness (QED) is 0.421. The molecule has 0 aliphatic carbocycles. The lowest BCUT2D eigenvalue weighted by Crippen LogP contribution is -2.37. The Morgan fingerprint density at radius 3 is 2.57 bits per heavy atom. The number of carbonyl (C=O) groups excluding carboxylic acids is 2. The summed E-state index contributed by atoms with van der Waals surface area (Å²) >= 11 is 0. The maximum atomic E-state index is 12.6. The molecule has 14 heteroatoms. The third-order valence-electron chi connectivity index (χ3n) is 5.65. The van der Waals surface area contributed by atoms with Crippen molar-refractivity contribution < 1.29 is 41.7 Å². The first-order valence-electron chi connectivity index (χ1n) is 11.3. The van der Waals surface area contributed by atoms with Crippen molar-refractivity contribution in [1.82, 2.24) is 19.5 Å². The highest BCUT2D eigenvalue weighted by molar-refractivity contribution is 6.06. The highest BCUT2D eigenvalue weighted by atomic mass is 19.4. The van der Waals surface area contributed by atoms with E-state index >= 15 is 0 Å². The SMILES string of the molecule is CC[C@H]1O[C@@H](n2cnc3c(NC(=O)c4ccccc4)ncnc32)[C@@H](OCC(=O)OCC(F)(F)F)C1OC. The predicted octanol–water partition coefficient (Wildman–Crippen LogP) is 2.89. The second kappa shape index (κ2) is 11.2. The van der Waals surface area contributed by atoms with Gasteiger partial charge in [0, 0.05) is 12.7 Å². The molecule has 1 unspecified atom stereocenters. The Morgan fingerprint density at radius 1 is 1.14 bits per heavy atom. The number of nitrogens with zero attached hydrogens (tertiary/aromatic N) is 4. The van der Waals surface area contributed by atoms with Gasteiger partial charge in [0.15, 0.2) is 29.8 Å². The van der Waals surface area contributed by atoms with Gasteiger partial charge in [-0.25, -0.2) is 19.7 Å². The minimum absolute atomic E-state index is 0.166. The molecule has 1 saturated heterocycles. The first-order valence-corrected chi connectivity index (χ1v) is 11.3. The van der Waals surface area contributed by atoms with Crippen LogP contribution < -0.4 is 5.32 Å². The Balaban J connectivity index is 1.57. The molecule has 3 aromatic rings. The van der Waals surface area contributed by atoms with E-state index in [1.165, 1.54) is 24.3 Å². The fraction of sp³-hybridized carbons (Fsp3) is 0.435. The molecule has 3 heterocycles. The number of aromatic nitrogens is 4. The van der Waals surface area contributed by atoms with Gasteiger partial charge in [-0.05, 0) is 18.6 Å². The largest absolute Gasteiger partial charge is 0.454 e. The summed E-state index contributed by atoms with van der Waals surface area (Å²) < 4.78 is 60.2. The van der Waals surface area contributed by atoms with Crippen LogP contribution in [0, 0.1) is 0 Å². The van der Waals surface area contributed by atoms with Gasteiger partial charge in [0.1, 0.15) is 25.1 Å². The maximum absolute atomic E-state index is 12.6. The topological polar surface area (TPSA) is 127 Å². The van der Waals surface area contributed by atoms with Crippen molar-refractivity contribution >= 4 is 28.9 Å². The number of esters is 1. The van der Waals surface area contributed by atoms with E-state index in [0.717, 1.165) is 0 Å². The van der Waals surface area contributed by atoms with Crippen molar-refractivity contribution in [2.45, 2.75) is 44.1 Å². The zero-order valence-corrected chi connectivity index (χ0v) is 19.8. The Hall–Kier alpha value is -3.62. The molecule has 11 nitrogen and oxygen atoms in total. The molecule has 37 heavy (non-hydrogen) atoms. The van der Waals surface area contributed by atoms with Crippen molar-refractivity contribution in [2.24, 2.45) is 0 Å². The highest BCUT2D eigenvalue weighted by Crippen LogP contribution is 2.36. The van der Waals surface area contributed by atoms with E-state index in [1.807, 2.05) is 6.92 Å².